The van der Waals surface area contributed by atoms with Crippen molar-refractivity contribution >= 4 is 0 Å². The zero-order valence-electron chi connectivity index (χ0n) is 15.9. The summed E-state index contributed by atoms with van der Waals surface area (Å²) >= 11 is 0. The number of fused-ring (bicyclic) bond motifs is 5. The van der Waals surface area contributed by atoms with Crippen LogP contribution >= 0.6 is 0 Å². The number of allylic oxidation sites excluding steroid dienone is 3. The van der Waals surface area contributed by atoms with Gasteiger partial charge in [0.15, 0.2) is 0 Å². The second-order valence-electron chi connectivity index (χ2n) is 9.72. The van der Waals surface area contributed by atoms with Crippen molar-refractivity contribution in [3.63, 3.8) is 0 Å². The van der Waals surface area contributed by atoms with Gasteiger partial charge in [0.05, 0.1) is 17.6 Å². The van der Waals surface area contributed by atoms with E-state index in [0.717, 1.165) is 43.3 Å². The summed E-state index contributed by atoms with van der Waals surface area (Å²) in [5, 5.41) is 20.1. The van der Waals surface area contributed by atoms with Gasteiger partial charge in [-0.15, -0.1) is 0 Å². The van der Waals surface area contributed by atoms with Crippen LogP contribution in [0.3, 0.4) is 0 Å². The van der Waals surface area contributed by atoms with Crippen LogP contribution in [0.2, 0.25) is 0 Å². The van der Waals surface area contributed by atoms with Gasteiger partial charge in [-0.1, -0.05) is 38.7 Å². The fourth-order valence-corrected chi connectivity index (χ4v) is 7.11. The molecule has 1 N–H and O–H groups in total. The van der Waals surface area contributed by atoms with Gasteiger partial charge in [0.2, 0.25) is 0 Å². The molecule has 0 aromatic carbocycles. The van der Waals surface area contributed by atoms with Gasteiger partial charge in [-0.05, 0) is 85.2 Å². The molecule has 0 aromatic heterocycles. The molecule has 0 spiro atoms. The lowest BCUT2D eigenvalue weighted by Crippen LogP contribution is -2.52. The minimum absolute atomic E-state index is 0.0486. The Kier molecular flexibility index (Phi) is 3.49. The quantitative estimate of drug-likeness (QED) is 0.620. The molecule has 0 radical (unpaired) electrons. The Labute approximate surface area is 152 Å². The molecule has 2 unspecified atom stereocenters. The predicted molar refractivity (Wildman–Crippen MR) is 100 cm³/mol. The number of rotatable bonds is 0. The summed E-state index contributed by atoms with van der Waals surface area (Å²) < 4.78 is 0. The second-order valence-corrected chi connectivity index (χ2v) is 9.72. The molecule has 25 heavy (non-hydrogen) atoms. The van der Waals surface area contributed by atoms with Crippen LogP contribution in [-0.2, 0) is 0 Å². The first-order valence-corrected chi connectivity index (χ1v) is 9.86. The Bertz CT molecular complexity index is 727. The number of aliphatic hydroxyl groups excluding tert-OH is 1. The van der Waals surface area contributed by atoms with Crippen molar-refractivity contribution in [3.05, 3.63) is 36.0 Å². The highest BCUT2D eigenvalue weighted by Crippen LogP contribution is 2.71. The van der Waals surface area contributed by atoms with E-state index in [1.165, 1.54) is 12.0 Å². The van der Waals surface area contributed by atoms with Crippen LogP contribution in [0.5, 0.6) is 0 Å². The standard InChI is InChI=1S/C23H31NO/c1-14-15(2)23(5,13-24)22(4)11-9-19-18(20(14)22)7-6-16-12-17(25)8-10-21(16,19)3/h6,17-20,25H,1-2,7-12H2,3-5H3/t17?,18-,19-,20+,21+,22+,23?/m1/s1. The van der Waals surface area contributed by atoms with E-state index in [4.69, 9.17) is 0 Å². The van der Waals surface area contributed by atoms with Crippen LogP contribution in [0, 0.1) is 45.3 Å². The van der Waals surface area contributed by atoms with Crippen molar-refractivity contribution in [3.8, 4) is 6.07 Å². The molecule has 0 bridgehead atoms. The summed E-state index contributed by atoms with van der Waals surface area (Å²) in [7, 11) is 0. The van der Waals surface area contributed by atoms with E-state index in [2.05, 4.69) is 46.1 Å². The first-order chi connectivity index (χ1) is 11.7. The average Bonchev–Trinajstić information content (AvgIpc) is 2.74. The van der Waals surface area contributed by atoms with Crippen LogP contribution in [0.25, 0.3) is 0 Å². The Balaban J connectivity index is 1.78. The maximum Gasteiger partial charge on any atom is 0.0850 e. The minimum Gasteiger partial charge on any atom is -0.393 e. The summed E-state index contributed by atoms with van der Waals surface area (Å²) in [6, 6.07) is 2.62. The number of hydrogen-bond donors (Lipinski definition) is 1. The number of nitriles is 1. The summed E-state index contributed by atoms with van der Waals surface area (Å²) in [6.07, 6.45) is 8.45. The van der Waals surface area contributed by atoms with Crippen molar-refractivity contribution in [2.45, 2.75) is 65.4 Å². The van der Waals surface area contributed by atoms with Crippen LogP contribution in [-0.4, -0.2) is 11.2 Å². The number of aliphatic hydroxyl groups is 1. The molecule has 3 fully saturated rings. The molecule has 0 aromatic rings. The van der Waals surface area contributed by atoms with E-state index in [1.54, 1.807) is 0 Å². The Morgan fingerprint density at radius 3 is 2.60 bits per heavy atom. The Morgan fingerprint density at radius 1 is 1.20 bits per heavy atom. The van der Waals surface area contributed by atoms with Crippen LogP contribution in [0.1, 0.15) is 59.3 Å². The summed E-state index contributed by atoms with van der Waals surface area (Å²) in [5.41, 5.74) is 3.28. The lowest BCUT2D eigenvalue weighted by atomic mass is 9.46. The van der Waals surface area contributed by atoms with Gasteiger partial charge in [-0.3, -0.25) is 0 Å². The number of hydrogen-bond acceptors (Lipinski definition) is 2. The van der Waals surface area contributed by atoms with E-state index in [-0.39, 0.29) is 16.9 Å². The third kappa shape index (κ3) is 1.89. The fourth-order valence-electron chi connectivity index (χ4n) is 7.11. The lowest BCUT2D eigenvalue weighted by molar-refractivity contribution is -0.0493. The van der Waals surface area contributed by atoms with Crippen molar-refractivity contribution in [1.82, 2.24) is 0 Å². The third-order valence-corrected chi connectivity index (χ3v) is 8.98. The number of nitrogens with zero attached hydrogens (tertiary/aromatic N) is 1. The fraction of sp³-hybridized carbons (Fsp3) is 0.696. The van der Waals surface area contributed by atoms with Gasteiger partial charge >= 0.3 is 0 Å². The SMILES string of the molecule is C=C1C(=C)C(C)(C#N)[C@@]2(C)CC[C@@H]3[C@@H](CC=C4CC(O)CC[C@@]43C)[C@H]12. The Hall–Kier alpha value is -1.33. The zero-order chi connectivity index (χ0) is 18.2. The van der Waals surface area contributed by atoms with Gasteiger partial charge in [-0.25, -0.2) is 0 Å². The lowest BCUT2D eigenvalue weighted by Gasteiger charge is -2.58. The smallest absolute Gasteiger partial charge is 0.0850 e. The van der Waals surface area contributed by atoms with Gasteiger partial charge in [0.25, 0.3) is 0 Å². The molecule has 0 saturated heterocycles. The van der Waals surface area contributed by atoms with Crippen molar-refractivity contribution in [1.29, 1.82) is 5.26 Å². The molecule has 0 aliphatic heterocycles. The second kappa shape index (κ2) is 5.10. The van der Waals surface area contributed by atoms with Gasteiger partial charge in [0, 0.05) is 0 Å². The monoisotopic (exact) mass is 337 g/mol. The maximum absolute atomic E-state index is 10.1. The van der Waals surface area contributed by atoms with Crippen molar-refractivity contribution in [2.24, 2.45) is 34.0 Å². The highest BCUT2D eigenvalue weighted by molar-refractivity contribution is 5.50. The highest BCUT2D eigenvalue weighted by atomic mass is 16.3. The molecule has 2 heteroatoms. The van der Waals surface area contributed by atoms with Crippen LogP contribution in [0.4, 0.5) is 0 Å². The largest absolute Gasteiger partial charge is 0.393 e. The van der Waals surface area contributed by atoms with E-state index < -0.39 is 5.41 Å². The summed E-state index contributed by atoms with van der Waals surface area (Å²) in [4.78, 5) is 0. The molecule has 0 amide bonds. The predicted octanol–water partition coefficient (Wildman–Crippen LogP) is 5.17. The van der Waals surface area contributed by atoms with E-state index in [1.807, 2.05) is 0 Å². The first-order valence-electron chi connectivity index (χ1n) is 9.86. The molecule has 2 nitrogen and oxygen atoms in total. The van der Waals surface area contributed by atoms with Crippen LogP contribution < -0.4 is 0 Å². The van der Waals surface area contributed by atoms with E-state index >= 15 is 0 Å². The molecular formula is C23H31NO. The summed E-state index contributed by atoms with van der Waals surface area (Å²) in [5.74, 6) is 1.57. The van der Waals surface area contributed by atoms with Gasteiger partial charge < -0.3 is 5.11 Å². The van der Waals surface area contributed by atoms with E-state index in [0.29, 0.717) is 17.8 Å². The van der Waals surface area contributed by atoms with E-state index in [9.17, 15) is 10.4 Å². The molecule has 0 heterocycles. The van der Waals surface area contributed by atoms with Gasteiger partial charge in [0.1, 0.15) is 0 Å². The third-order valence-electron chi connectivity index (χ3n) is 8.98. The molecular weight excluding hydrogens is 306 g/mol. The average molecular weight is 338 g/mol. The summed E-state index contributed by atoms with van der Waals surface area (Å²) in [6.45, 7) is 15.6. The molecule has 4 rings (SSSR count). The maximum atomic E-state index is 10.1. The molecule has 4 aliphatic rings. The molecule has 3 saturated carbocycles. The van der Waals surface area contributed by atoms with Gasteiger partial charge in [-0.2, -0.15) is 5.26 Å². The van der Waals surface area contributed by atoms with Crippen molar-refractivity contribution < 1.29 is 5.11 Å². The Morgan fingerprint density at radius 2 is 1.92 bits per heavy atom. The zero-order valence-corrected chi connectivity index (χ0v) is 15.9. The van der Waals surface area contributed by atoms with Crippen molar-refractivity contribution in [2.75, 3.05) is 0 Å². The molecule has 134 valence electrons. The first kappa shape index (κ1) is 17.1. The highest BCUT2D eigenvalue weighted by Gasteiger charge is 2.65. The molecule has 4 aliphatic carbocycles. The minimum atomic E-state index is -0.493. The van der Waals surface area contributed by atoms with Crippen LogP contribution in [0.15, 0.2) is 36.0 Å². The normalized spacial score (nSPS) is 51.9. The topological polar surface area (TPSA) is 44.0 Å². The molecule has 7 atom stereocenters.